The highest BCUT2D eigenvalue weighted by Gasteiger charge is 2.49. The average molecular weight is 895 g/mol. The fourth-order valence-electron chi connectivity index (χ4n) is 6.42. The van der Waals surface area contributed by atoms with E-state index in [1.165, 1.54) is 0 Å². The molecule has 0 saturated carbocycles. The zero-order valence-electron chi connectivity index (χ0n) is 32.5. The van der Waals surface area contributed by atoms with Crippen LogP contribution in [0, 0.1) is 0 Å². The molecular formula is C46H37BF8O5P2. The number of hydrogen-bond acceptors (Lipinski definition) is 5. The predicted octanol–water partition coefficient (Wildman–Crippen LogP) is 8.49. The van der Waals surface area contributed by atoms with Gasteiger partial charge in [0, 0.05) is 0 Å². The third-order valence-electron chi connectivity index (χ3n) is 9.00. The third kappa shape index (κ3) is 11.9. The number of halogens is 8. The molecule has 7 rings (SSSR count). The minimum absolute atomic E-state index is 0.141. The van der Waals surface area contributed by atoms with Crippen LogP contribution in [-0.4, -0.2) is 21.0 Å². The van der Waals surface area contributed by atoms with E-state index in [-0.39, 0.29) is 18.2 Å². The molecule has 7 aromatic carbocycles. The molecular weight excluding hydrogens is 857 g/mol. The Morgan fingerprint density at radius 3 is 0.790 bits per heavy atom. The second kappa shape index (κ2) is 22.1. The molecule has 0 heterocycles. The van der Waals surface area contributed by atoms with Gasteiger partial charge in [0.15, 0.2) is 0 Å². The number of benzene rings is 7. The number of alkyl halides is 8. The fourth-order valence-corrected chi connectivity index (χ4v) is 12.9. The van der Waals surface area contributed by atoms with Crippen LogP contribution < -0.4 is 46.5 Å². The lowest BCUT2D eigenvalue weighted by molar-refractivity contribution is -0.372. The molecule has 7 aromatic rings. The molecule has 320 valence electrons. The molecule has 62 heavy (non-hydrogen) atoms. The highest BCUT2D eigenvalue weighted by atomic mass is 31.2. The van der Waals surface area contributed by atoms with Crippen LogP contribution in [0.3, 0.4) is 0 Å². The third-order valence-corrected chi connectivity index (χ3v) is 16.1. The second-order valence-corrected chi connectivity index (χ2v) is 18.9. The summed E-state index contributed by atoms with van der Waals surface area (Å²) >= 11 is 0. The zero-order valence-corrected chi connectivity index (χ0v) is 34.3. The average Bonchev–Trinajstić information content (AvgIpc) is 3.29. The van der Waals surface area contributed by atoms with Gasteiger partial charge >= 0.3 is 12.4 Å². The summed E-state index contributed by atoms with van der Waals surface area (Å²) in [5, 5.41) is 26.3. The Bertz CT molecular complexity index is 2010. The summed E-state index contributed by atoms with van der Waals surface area (Å²) < 4.78 is 116. The molecule has 0 amide bonds. The Morgan fingerprint density at radius 1 is 0.387 bits per heavy atom. The molecule has 0 fully saturated rings. The first-order valence-electron chi connectivity index (χ1n) is 18.6. The largest absolute Gasteiger partial charge is 0.860 e. The Morgan fingerprint density at radius 2 is 0.613 bits per heavy atom. The lowest BCUT2D eigenvalue weighted by Gasteiger charge is -2.27. The zero-order chi connectivity index (χ0) is 44.6. The second-order valence-electron chi connectivity index (χ2n) is 12.9. The van der Waals surface area contributed by atoms with Gasteiger partial charge in [0.1, 0.15) is 39.1 Å². The Hall–Kier alpha value is -5.46. The molecule has 0 saturated heterocycles. The minimum atomic E-state index is -5.05. The SMILES string of the molecule is FCO[P+](c1ccccc1)(c1ccccc1)c1ccccc1.FCO[P+](c1ccccc1)(c1ccccc1)c1ccccc1.[O-]B([O-])Oc1cc(C(F)(F)F)cc(C(F)(F)F)c1. The Labute approximate surface area is 355 Å². The summed E-state index contributed by atoms with van der Waals surface area (Å²) in [5.74, 6) is -1.08. The van der Waals surface area contributed by atoms with Gasteiger partial charge in [0.25, 0.3) is 0 Å². The van der Waals surface area contributed by atoms with Gasteiger partial charge < -0.3 is 14.7 Å². The molecule has 0 aliphatic rings. The first kappa shape index (κ1) is 47.6. The van der Waals surface area contributed by atoms with Crippen molar-refractivity contribution in [1.29, 1.82) is 0 Å². The summed E-state index contributed by atoms with van der Waals surface area (Å²) in [6.07, 6.45) is -10.1. The fraction of sp³-hybridized carbons (Fsp3) is 0.0870. The van der Waals surface area contributed by atoms with E-state index in [0.29, 0.717) is 0 Å². The summed E-state index contributed by atoms with van der Waals surface area (Å²) in [5.41, 5.74) is -3.32. The molecule has 0 N–H and O–H groups in total. The van der Waals surface area contributed by atoms with Gasteiger partial charge in [-0.3, -0.25) is 0 Å². The van der Waals surface area contributed by atoms with Crippen LogP contribution >= 0.6 is 15.0 Å². The van der Waals surface area contributed by atoms with Crippen molar-refractivity contribution in [2.45, 2.75) is 12.4 Å². The molecule has 0 unspecified atom stereocenters. The first-order chi connectivity index (χ1) is 29.8. The van der Waals surface area contributed by atoms with Gasteiger partial charge in [0.2, 0.25) is 28.7 Å². The van der Waals surface area contributed by atoms with Crippen LogP contribution in [-0.2, 0) is 21.4 Å². The van der Waals surface area contributed by atoms with E-state index in [0.717, 1.165) is 31.8 Å². The highest BCUT2D eigenvalue weighted by Crippen LogP contribution is 2.57. The van der Waals surface area contributed by atoms with Crippen molar-refractivity contribution < 1.29 is 58.9 Å². The quantitative estimate of drug-likeness (QED) is 0.0700. The van der Waals surface area contributed by atoms with E-state index in [1.54, 1.807) is 0 Å². The normalized spacial score (nSPS) is 11.6. The van der Waals surface area contributed by atoms with Crippen molar-refractivity contribution in [3.05, 3.63) is 211 Å². The highest BCUT2D eigenvalue weighted by molar-refractivity contribution is 7.92. The molecule has 16 heteroatoms. The smallest absolute Gasteiger partial charge is 0.416 e. The van der Waals surface area contributed by atoms with Crippen molar-refractivity contribution in [1.82, 2.24) is 0 Å². The predicted molar refractivity (Wildman–Crippen MR) is 227 cm³/mol. The van der Waals surface area contributed by atoms with Crippen molar-refractivity contribution >= 4 is 54.1 Å². The topological polar surface area (TPSA) is 73.8 Å². The lowest BCUT2D eigenvalue weighted by atomic mass is 10.1. The van der Waals surface area contributed by atoms with Crippen LogP contribution in [0.2, 0.25) is 0 Å². The monoisotopic (exact) mass is 894 g/mol. The van der Waals surface area contributed by atoms with E-state index in [4.69, 9.17) is 9.05 Å². The van der Waals surface area contributed by atoms with Crippen LogP contribution in [0.15, 0.2) is 200 Å². The number of rotatable bonds is 12. The number of hydrogen-bond donors (Lipinski definition) is 0. The van der Waals surface area contributed by atoms with Crippen LogP contribution in [0.1, 0.15) is 11.1 Å². The van der Waals surface area contributed by atoms with Gasteiger partial charge in [0.05, 0.1) is 16.9 Å². The van der Waals surface area contributed by atoms with E-state index in [9.17, 15) is 45.2 Å². The maximum atomic E-state index is 13.4. The summed E-state index contributed by atoms with van der Waals surface area (Å²) in [6.45, 7) is -1.63. The lowest BCUT2D eigenvalue weighted by Crippen LogP contribution is -2.50. The van der Waals surface area contributed by atoms with Crippen LogP contribution in [0.25, 0.3) is 0 Å². The van der Waals surface area contributed by atoms with E-state index >= 15 is 0 Å². The molecule has 0 bridgehead atoms. The Balaban J connectivity index is 0.000000177. The van der Waals surface area contributed by atoms with E-state index in [1.807, 2.05) is 182 Å². The molecule has 0 aromatic heterocycles. The van der Waals surface area contributed by atoms with Gasteiger partial charge in [-0.1, -0.05) is 109 Å². The molecule has 0 radical (unpaired) electrons. The molecule has 0 aliphatic carbocycles. The molecule has 0 aliphatic heterocycles. The maximum Gasteiger partial charge on any atom is 0.416 e. The van der Waals surface area contributed by atoms with E-state index < -0.39 is 65.3 Å². The van der Waals surface area contributed by atoms with Crippen molar-refractivity contribution in [3.8, 4) is 5.75 Å². The summed E-state index contributed by atoms with van der Waals surface area (Å²) in [7, 11) is -7.88. The molecule has 5 nitrogen and oxygen atoms in total. The van der Waals surface area contributed by atoms with Crippen LogP contribution in [0.4, 0.5) is 35.1 Å². The molecule has 0 atom stereocenters. The summed E-state index contributed by atoms with van der Waals surface area (Å²) in [4.78, 5) is 0. The van der Waals surface area contributed by atoms with Gasteiger partial charge in [-0.25, -0.2) is 8.78 Å². The Kier molecular flexibility index (Phi) is 16.9. The van der Waals surface area contributed by atoms with Crippen molar-refractivity contribution in [2.24, 2.45) is 0 Å². The van der Waals surface area contributed by atoms with Gasteiger partial charge in [-0.2, -0.15) is 35.4 Å². The summed E-state index contributed by atoms with van der Waals surface area (Å²) in [6, 6.07) is 59.8. The molecule has 0 spiro atoms. The van der Waals surface area contributed by atoms with E-state index in [2.05, 4.69) is 4.65 Å². The first-order valence-corrected chi connectivity index (χ1v) is 22.0. The van der Waals surface area contributed by atoms with Gasteiger partial charge in [-0.15, -0.1) is 0 Å². The van der Waals surface area contributed by atoms with Crippen molar-refractivity contribution in [3.63, 3.8) is 0 Å². The maximum absolute atomic E-state index is 13.4. The standard InChI is InChI=1S/2C19H17FOP.C8H3BF6O3/c2*20-16-21-22(17-10-4-1-5-11-17,18-12-6-2-7-13-18)19-14-8-3-9-15-19;10-7(11,12)4-1-5(8(13,14)15)3-6(2-4)18-9(16)17/h2*1-15H,16H2;1-3H/q2*+1;-2. The minimum Gasteiger partial charge on any atom is -0.860 e. The van der Waals surface area contributed by atoms with Crippen LogP contribution in [0.5, 0.6) is 5.75 Å². The van der Waals surface area contributed by atoms with Crippen molar-refractivity contribution in [2.75, 3.05) is 13.7 Å². The van der Waals surface area contributed by atoms with Gasteiger partial charge in [-0.05, 0) is 91.0 Å².